The number of hydrogen-bond donors (Lipinski definition) is 1. The summed E-state index contributed by atoms with van der Waals surface area (Å²) in [6.45, 7) is 2.00. The summed E-state index contributed by atoms with van der Waals surface area (Å²) < 4.78 is 6.91. The molecule has 0 bridgehead atoms. The highest BCUT2D eigenvalue weighted by molar-refractivity contribution is 5.15. The molecule has 54 valence electrons. The second kappa shape index (κ2) is 3.37. The van der Waals surface area contributed by atoms with E-state index in [0.29, 0.717) is 0 Å². The first-order valence-corrected chi connectivity index (χ1v) is 3.54. The Kier molecular flexibility index (Phi) is 2.00. The molecule has 0 radical (unpaired) electrons. The fourth-order valence-electron chi connectivity index (χ4n) is 0.968. The largest absolute Gasteiger partial charge is 0.328 e. The van der Waals surface area contributed by atoms with Gasteiger partial charge in [-0.3, -0.25) is 0 Å². The maximum Gasteiger partial charge on any atom is 0.119 e. The molecule has 0 saturated carbocycles. The molecule has 1 aromatic carbocycles. The minimum atomic E-state index is 0.234. The zero-order valence-corrected chi connectivity index (χ0v) is 6.17. The quantitative estimate of drug-likeness (QED) is 0.672. The zero-order chi connectivity index (χ0) is 8.10. The van der Waals surface area contributed by atoms with Gasteiger partial charge in [0.25, 0.3) is 0 Å². The van der Waals surface area contributed by atoms with Gasteiger partial charge in [0.05, 0.1) is 0 Å². The summed E-state index contributed by atoms with van der Waals surface area (Å²) in [7, 11) is 0. The van der Waals surface area contributed by atoms with Crippen LogP contribution in [0.2, 0.25) is 1.41 Å². The van der Waals surface area contributed by atoms with Crippen LogP contribution in [0.5, 0.6) is 0 Å². The van der Waals surface area contributed by atoms with Crippen molar-refractivity contribution in [2.45, 2.75) is 19.4 Å². The van der Waals surface area contributed by atoms with Gasteiger partial charge in [-0.1, -0.05) is 30.3 Å². The molecule has 0 aliphatic heterocycles. The van der Waals surface area contributed by atoms with Crippen molar-refractivity contribution in [1.29, 1.82) is 0 Å². The van der Waals surface area contributed by atoms with Crippen molar-refractivity contribution in [3.05, 3.63) is 35.9 Å². The van der Waals surface area contributed by atoms with Crippen molar-refractivity contribution >= 4 is 0 Å². The Morgan fingerprint density at radius 3 is 2.80 bits per heavy atom. The Morgan fingerprint density at radius 1 is 1.50 bits per heavy atom. The molecule has 0 spiro atoms. The first-order valence-electron chi connectivity index (χ1n) is 4.04. The number of nitrogens with two attached hydrogens (primary N) is 1. The number of rotatable bonds is 3. The van der Waals surface area contributed by atoms with E-state index < -0.39 is 0 Å². The van der Waals surface area contributed by atoms with Crippen LogP contribution in [-0.4, -0.2) is 6.04 Å². The third kappa shape index (κ3) is 2.19. The molecule has 0 fully saturated rings. The second-order valence-electron chi connectivity index (χ2n) is 2.59. The Hall–Kier alpha value is -0.820. The van der Waals surface area contributed by atoms with Gasteiger partial charge in [-0.15, -0.1) is 0 Å². The molecule has 1 rings (SSSR count). The van der Waals surface area contributed by atoms with Crippen molar-refractivity contribution in [1.82, 2.24) is 0 Å². The van der Waals surface area contributed by atoms with E-state index in [2.05, 4.69) is 17.9 Å². The fraction of sp³-hybridized carbons (Fsp3) is 0.333. The highest BCUT2D eigenvalue weighted by Gasteiger charge is 1.94. The van der Waals surface area contributed by atoms with Crippen LogP contribution in [0.4, 0.5) is 0 Å². The molecule has 1 aromatic rings. The lowest BCUT2D eigenvalue weighted by Crippen LogP contribution is -2.17. The SMILES string of the molecule is [3H]NC(C)Cc1ccccc1. The minimum absolute atomic E-state index is 0.234. The van der Waals surface area contributed by atoms with Gasteiger partial charge in [0.1, 0.15) is 1.41 Å². The van der Waals surface area contributed by atoms with Crippen LogP contribution in [0.1, 0.15) is 12.5 Å². The van der Waals surface area contributed by atoms with E-state index in [4.69, 9.17) is 1.41 Å². The standard InChI is InChI=1S/C9H13N/c1-8(10)7-9-5-3-2-4-6-9/h2-6,8H,7,10H2,1H3/i/hT. The third-order valence-electron chi connectivity index (χ3n) is 1.38. The molecular weight excluding hydrogens is 122 g/mol. The predicted octanol–water partition coefficient (Wildman–Crippen LogP) is 1.58. The summed E-state index contributed by atoms with van der Waals surface area (Å²) in [5.41, 5.74) is 3.74. The van der Waals surface area contributed by atoms with Crippen molar-refractivity contribution < 1.29 is 1.41 Å². The van der Waals surface area contributed by atoms with Gasteiger partial charge in [-0.05, 0) is 18.9 Å². The van der Waals surface area contributed by atoms with E-state index >= 15 is 0 Å². The van der Waals surface area contributed by atoms with Crippen LogP contribution >= 0.6 is 0 Å². The maximum atomic E-state index is 6.91. The highest BCUT2D eigenvalue weighted by Crippen LogP contribution is 2.00. The van der Waals surface area contributed by atoms with Crippen molar-refractivity contribution in [3.8, 4) is 0 Å². The summed E-state index contributed by atoms with van der Waals surface area (Å²) in [6, 6.07) is 10.4. The van der Waals surface area contributed by atoms with Crippen molar-refractivity contribution in [3.63, 3.8) is 0 Å². The van der Waals surface area contributed by atoms with Gasteiger partial charge in [0, 0.05) is 6.04 Å². The Morgan fingerprint density at radius 2 is 2.20 bits per heavy atom. The third-order valence-corrected chi connectivity index (χ3v) is 1.38. The lowest BCUT2D eigenvalue weighted by molar-refractivity contribution is 0.738. The first-order chi connectivity index (χ1) is 5.33. The summed E-state index contributed by atoms with van der Waals surface area (Å²) in [4.78, 5) is 0. The van der Waals surface area contributed by atoms with E-state index in [0.717, 1.165) is 6.42 Å². The second-order valence-corrected chi connectivity index (χ2v) is 2.59. The first kappa shape index (κ1) is 5.93. The fourth-order valence-corrected chi connectivity index (χ4v) is 0.968. The summed E-state index contributed by atoms with van der Waals surface area (Å²) in [5, 5.41) is 0. The number of benzene rings is 1. The Balaban J connectivity index is 2.51. The highest BCUT2D eigenvalue weighted by atomic mass is 14.6. The van der Waals surface area contributed by atoms with E-state index in [1.54, 1.807) is 0 Å². The molecule has 10 heavy (non-hydrogen) atoms. The van der Waals surface area contributed by atoms with Crippen LogP contribution in [0.25, 0.3) is 0 Å². The molecule has 0 heterocycles. The molecule has 0 amide bonds. The Labute approximate surface area is 63.3 Å². The summed E-state index contributed by atoms with van der Waals surface area (Å²) in [5.74, 6) is 0. The molecule has 0 aliphatic carbocycles. The van der Waals surface area contributed by atoms with E-state index in [1.165, 1.54) is 5.56 Å². The van der Waals surface area contributed by atoms with Crippen LogP contribution < -0.4 is 5.73 Å². The summed E-state index contributed by atoms with van der Waals surface area (Å²) >= 11 is 0. The minimum Gasteiger partial charge on any atom is -0.328 e. The van der Waals surface area contributed by atoms with Crippen molar-refractivity contribution in [2.75, 3.05) is 0 Å². The zero-order valence-electron chi connectivity index (χ0n) is 7.17. The van der Waals surface area contributed by atoms with Crippen LogP contribution in [0, 0.1) is 0 Å². The molecule has 1 unspecified atom stereocenters. The molecule has 0 aliphatic rings. The van der Waals surface area contributed by atoms with E-state index in [1.807, 2.05) is 25.1 Å². The van der Waals surface area contributed by atoms with Gasteiger partial charge < -0.3 is 5.73 Å². The monoisotopic (exact) mass is 137 g/mol. The molecule has 1 atom stereocenters. The lowest BCUT2D eigenvalue weighted by Gasteiger charge is -2.02. The average molecular weight is 137 g/mol. The molecular formula is C9H13N. The molecule has 0 saturated heterocycles. The smallest absolute Gasteiger partial charge is 0.119 e. The molecule has 1 heteroatoms. The number of hydrogen-bond acceptors (Lipinski definition) is 1. The summed E-state index contributed by atoms with van der Waals surface area (Å²) in [6.07, 6.45) is 0.921. The topological polar surface area (TPSA) is 26.0 Å². The van der Waals surface area contributed by atoms with Gasteiger partial charge in [-0.2, -0.15) is 0 Å². The Bertz CT molecular complexity index is 198. The van der Waals surface area contributed by atoms with Crippen molar-refractivity contribution in [2.24, 2.45) is 5.73 Å². The molecule has 1 nitrogen and oxygen atoms in total. The van der Waals surface area contributed by atoms with E-state index in [9.17, 15) is 0 Å². The molecule has 0 aromatic heterocycles. The predicted molar refractivity (Wildman–Crippen MR) is 43.8 cm³/mol. The van der Waals surface area contributed by atoms with Gasteiger partial charge in [0.15, 0.2) is 0 Å². The molecule has 2 N–H and O–H groups in total. The van der Waals surface area contributed by atoms with Crippen LogP contribution in [0.3, 0.4) is 0 Å². The average Bonchev–Trinajstić information content (AvgIpc) is 2.06. The van der Waals surface area contributed by atoms with Gasteiger partial charge in [-0.25, -0.2) is 0 Å². The van der Waals surface area contributed by atoms with E-state index in [-0.39, 0.29) is 6.04 Å². The van der Waals surface area contributed by atoms with Crippen LogP contribution in [-0.2, 0) is 6.42 Å². The maximum absolute atomic E-state index is 6.91. The normalized spacial score (nSPS) is 14.3. The lowest BCUT2D eigenvalue weighted by atomic mass is 10.1. The van der Waals surface area contributed by atoms with Gasteiger partial charge in [0.2, 0.25) is 0 Å². The van der Waals surface area contributed by atoms with Crippen LogP contribution in [0.15, 0.2) is 30.3 Å². The van der Waals surface area contributed by atoms with Gasteiger partial charge >= 0.3 is 0 Å².